The van der Waals surface area contributed by atoms with Crippen molar-refractivity contribution in [3.05, 3.63) is 11.8 Å². The monoisotopic (exact) mass is 236 g/mol. The standard InChI is InChI=1S/C12H20N4O/c1-2-8-3-5-9(6-4-8)15-12(17)10-7-14-16-11(10)13/h7-9H,2-6H2,1H3,(H,15,17)(H3,13,14,16). The molecule has 1 aliphatic rings. The average Bonchev–Trinajstić information content (AvgIpc) is 2.76. The lowest BCUT2D eigenvalue weighted by Gasteiger charge is -2.28. The quantitative estimate of drug-likeness (QED) is 0.746. The first-order valence-corrected chi connectivity index (χ1v) is 6.30. The number of nitrogen functional groups attached to an aromatic ring is 1. The molecule has 5 nitrogen and oxygen atoms in total. The van der Waals surface area contributed by atoms with Crippen molar-refractivity contribution < 1.29 is 4.79 Å². The van der Waals surface area contributed by atoms with E-state index >= 15 is 0 Å². The molecule has 1 aromatic heterocycles. The van der Waals surface area contributed by atoms with Crippen molar-refractivity contribution in [2.75, 3.05) is 5.73 Å². The first-order chi connectivity index (χ1) is 8.20. The van der Waals surface area contributed by atoms with Gasteiger partial charge >= 0.3 is 0 Å². The Morgan fingerprint density at radius 2 is 2.24 bits per heavy atom. The molecule has 4 N–H and O–H groups in total. The minimum atomic E-state index is -0.115. The van der Waals surface area contributed by atoms with Gasteiger partial charge in [-0.3, -0.25) is 9.89 Å². The minimum Gasteiger partial charge on any atom is -0.383 e. The van der Waals surface area contributed by atoms with Gasteiger partial charge in [-0.15, -0.1) is 0 Å². The van der Waals surface area contributed by atoms with Gasteiger partial charge in [-0.05, 0) is 31.6 Å². The molecule has 1 aromatic rings. The third-order valence-corrected chi connectivity index (χ3v) is 3.67. The Kier molecular flexibility index (Phi) is 3.66. The van der Waals surface area contributed by atoms with Crippen molar-refractivity contribution >= 4 is 11.7 Å². The number of hydrogen-bond acceptors (Lipinski definition) is 3. The molecule has 1 amide bonds. The van der Waals surface area contributed by atoms with Crippen molar-refractivity contribution in [1.82, 2.24) is 15.5 Å². The highest BCUT2D eigenvalue weighted by Crippen LogP contribution is 2.26. The molecular weight excluding hydrogens is 216 g/mol. The van der Waals surface area contributed by atoms with Gasteiger partial charge in [0.15, 0.2) is 0 Å². The molecule has 1 fully saturated rings. The van der Waals surface area contributed by atoms with E-state index in [0.29, 0.717) is 17.4 Å². The largest absolute Gasteiger partial charge is 0.383 e. The summed E-state index contributed by atoms with van der Waals surface area (Å²) < 4.78 is 0. The second kappa shape index (κ2) is 5.21. The molecule has 5 heteroatoms. The fourth-order valence-electron chi connectivity index (χ4n) is 2.46. The van der Waals surface area contributed by atoms with Crippen LogP contribution >= 0.6 is 0 Å². The summed E-state index contributed by atoms with van der Waals surface area (Å²) in [6.45, 7) is 2.23. The summed E-state index contributed by atoms with van der Waals surface area (Å²) in [6.07, 6.45) is 7.28. The average molecular weight is 236 g/mol. The number of anilines is 1. The smallest absolute Gasteiger partial charge is 0.256 e. The maximum atomic E-state index is 11.9. The number of nitrogens with two attached hydrogens (primary N) is 1. The first kappa shape index (κ1) is 12.0. The number of aromatic amines is 1. The molecule has 1 saturated carbocycles. The molecule has 0 bridgehead atoms. The van der Waals surface area contributed by atoms with Gasteiger partial charge in [0.05, 0.1) is 6.20 Å². The maximum Gasteiger partial charge on any atom is 0.256 e. The summed E-state index contributed by atoms with van der Waals surface area (Å²) in [6, 6.07) is 0.291. The van der Waals surface area contributed by atoms with Crippen LogP contribution in [0.1, 0.15) is 49.4 Å². The summed E-state index contributed by atoms with van der Waals surface area (Å²) >= 11 is 0. The predicted molar refractivity (Wildman–Crippen MR) is 66.5 cm³/mol. The van der Waals surface area contributed by atoms with Gasteiger partial charge in [-0.25, -0.2) is 0 Å². The van der Waals surface area contributed by atoms with Gasteiger partial charge in [-0.2, -0.15) is 5.10 Å². The van der Waals surface area contributed by atoms with Crippen LogP contribution in [0.3, 0.4) is 0 Å². The predicted octanol–water partition coefficient (Wildman–Crippen LogP) is 1.69. The third kappa shape index (κ3) is 2.78. The summed E-state index contributed by atoms with van der Waals surface area (Å²) in [7, 11) is 0. The van der Waals surface area contributed by atoms with Crippen LogP contribution in [0.15, 0.2) is 6.20 Å². The van der Waals surface area contributed by atoms with Crippen molar-refractivity contribution in [2.45, 2.75) is 45.1 Å². The van der Waals surface area contributed by atoms with E-state index in [9.17, 15) is 4.79 Å². The first-order valence-electron chi connectivity index (χ1n) is 6.30. The Hall–Kier alpha value is -1.52. The summed E-state index contributed by atoms with van der Waals surface area (Å²) in [5.74, 6) is 1.06. The van der Waals surface area contributed by atoms with E-state index in [-0.39, 0.29) is 5.91 Å². The van der Waals surface area contributed by atoms with E-state index in [1.807, 2.05) is 0 Å². The van der Waals surface area contributed by atoms with Crippen LogP contribution < -0.4 is 11.1 Å². The molecule has 0 unspecified atom stereocenters. The van der Waals surface area contributed by atoms with Crippen LogP contribution in [0.4, 0.5) is 5.82 Å². The molecule has 0 aromatic carbocycles. The maximum absolute atomic E-state index is 11.9. The van der Waals surface area contributed by atoms with E-state index in [2.05, 4.69) is 22.4 Å². The number of nitrogens with zero attached hydrogens (tertiary/aromatic N) is 1. The molecule has 0 atom stereocenters. The molecular formula is C12H20N4O. The number of carbonyl (C=O) groups is 1. The van der Waals surface area contributed by atoms with Crippen molar-refractivity contribution in [1.29, 1.82) is 0 Å². The fourth-order valence-corrected chi connectivity index (χ4v) is 2.46. The molecule has 0 spiro atoms. The number of nitrogens with one attached hydrogen (secondary N) is 2. The fraction of sp³-hybridized carbons (Fsp3) is 0.667. The second-order valence-corrected chi connectivity index (χ2v) is 4.80. The van der Waals surface area contributed by atoms with E-state index in [4.69, 9.17) is 5.73 Å². The highest BCUT2D eigenvalue weighted by molar-refractivity contribution is 5.98. The van der Waals surface area contributed by atoms with Gasteiger partial charge < -0.3 is 11.1 Å². The normalized spacial score (nSPS) is 24.5. The molecule has 2 rings (SSSR count). The zero-order valence-electron chi connectivity index (χ0n) is 10.2. The minimum absolute atomic E-state index is 0.115. The number of carbonyl (C=O) groups excluding carboxylic acids is 1. The number of hydrogen-bond donors (Lipinski definition) is 3. The lowest BCUT2D eigenvalue weighted by atomic mass is 9.84. The molecule has 1 aliphatic carbocycles. The van der Waals surface area contributed by atoms with Crippen LogP contribution in [0, 0.1) is 5.92 Å². The van der Waals surface area contributed by atoms with Crippen molar-refractivity contribution in [3.8, 4) is 0 Å². The van der Waals surface area contributed by atoms with Crippen molar-refractivity contribution in [2.24, 2.45) is 5.92 Å². The summed E-state index contributed by atoms with van der Waals surface area (Å²) in [5, 5.41) is 9.35. The number of amides is 1. The van der Waals surface area contributed by atoms with Crippen LogP contribution in [-0.4, -0.2) is 22.1 Å². The van der Waals surface area contributed by atoms with E-state index in [1.165, 1.54) is 25.5 Å². The Labute approximate surface area is 101 Å². The van der Waals surface area contributed by atoms with Gasteiger partial charge in [0.2, 0.25) is 0 Å². The molecule has 0 saturated heterocycles. The lowest BCUT2D eigenvalue weighted by Crippen LogP contribution is -2.37. The second-order valence-electron chi connectivity index (χ2n) is 4.80. The molecule has 0 aliphatic heterocycles. The van der Waals surface area contributed by atoms with E-state index in [0.717, 1.165) is 18.8 Å². The number of H-pyrrole nitrogens is 1. The highest BCUT2D eigenvalue weighted by Gasteiger charge is 2.22. The van der Waals surface area contributed by atoms with Gasteiger partial charge in [0, 0.05) is 6.04 Å². The Balaban J connectivity index is 1.86. The van der Waals surface area contributed by atoms with Crippen LogP contribution in [0.2, 0.25) is 0 Å². The summed E-state index contributed by atoms with van der Waals surface area (Å²) in [4.78, 5) is 11.9. The molecule has 1 heterocycles. The van der Waals surface area contributed by atoms with E-state index in [1.54, 1.807) is 0 Å². The van der Waals surface area contributed by atoms with E-state index < -0.39 is 0 Å². The molecule has 17 heavy (non-hydrogen) atoms. The topological polar surface area (TPSA) is 83.8 Å². The van der Waals surface area contributed by atoms with Crippen LogP contribution in [0.5, 0.6) is 0 Å². The Morgan fingerprint density at radius 1 is 1.53 bits per heavy atom. The van der Waals surface area contributed by atoms with Crippen LogP contribution in [-0.2, 0) is 0 Å². The Bertz CT molecular complexity index is 380. The summed E-state index contributed by atoms with van der Waals surface area (Å²) in [5.41, 5.74) is 6.06. The molecule has 0 radical (unpaired) electrons. The van der Waals surface area contributed by atoms with Crippen LogP contribution in [0.25, 0.3) is 0 Å². The van der Waals surface area contributed by atoms with Gasteiger partial charge in [0.25, 0.3) is 5.91 Å². The third-order valence-electron chi connectivity index (χ3n) is 3.67. The number of rotatable bonds is 3. The lowest BCUT2D eigenvalue weighted by molar-refractivity contribution is 0.0922. The Morgan fingerprint density at radius 3 is 2.76 bits per heavy atom. The van der Waals surface area contributed by atoms with Gasteiger partial charge in [-0.1, -0.05) is 13.3 Å². The van der Waals surface area contributed by atoms with Gasteiger partial charge in [0.1, 0.15) is 11.4 Å². The highest BCUT2D eigenvalue weighted by atomic mass is 16.1. The zero-order valence-corrected chi connectivity index (χ0v) is 10.2. The molecule has 94 valence electrons. The zero-order chi connectivity index (χ0) is 12.3. The van der Waals surface area contributed by atoms with Crippen molar-refractivity contribution in [3.63, 3.8) is 0 Å². The SMILES string of the molecule is CCC1CCC(NC(=O)c2cn[nH]c2N)CC1. The number of aromatic nitrogens is 2.